The number of hydrogen-bond donors (Lipinski definition) is 2. The van der Waals surface area contributed by atoms with Crippen LogP contribution in [0.4, 0.5) is 0 Å². The molecule has 6 heteroatoms. The van der Waals surface area contributed by atoms with Gasteiger partial charge >= 0.3 is 0 Å². The highest BCUT2D eigenvalue weighted by atomic mass is 127. The maximum Gasteiger partial charge on any atom is 0.189 e. The van der Waals surface area contributed by atoms with E-state index in [0.29, 0.717) is 12.6 Å². The first-order chi connectivity index (χ1) is 12.7. The van der Waals surface area contributed by atoms with E-state index in [2.05, 4.69) is 52.6 Å². The molecule has 0 radical (unpaired) electrons. The first-order valence-corrected chi connectivity index (χ1v) is 9.23. The van der Waals surface area contributed by atoms with Crippen molar-refractivity contribution in [2.24, 2.45) is 10.7 Å². The largest absolute Gasteiger partial charge is 0.493 e. The number of hydrogen-bond acceptors (Lipinski definition) is 3. The monoisotopic (exact) mass is 480 g/mol. The minimum absolute atomic E-state index is 0. The predicted molar refractivity (Wildman–Crippen MR) is 122 cm³/mol. The molecule has 2 aromatic rings. The van der Waals surface area contributed by atoms with Crippen LogP contribution in [0.3, 0.4) is 0 Å². The average molecular weight is 480 g/mol. The Morgan fingerprint density at radius 3 is 2.74 bits per heavy atom. The van der Waals surface area contributed by atoms with Gasteiger partial charge in [-0.1, -0.05) is 48.5 Å². The number of para-hydroxylation sites is 1. The normalized spacial score (nSPS) is 16.2. The van der Waals surface area contributed by atoms with E-state index in [0.717, 1.165) is 43.8 Å². The predicted octanol–water partition coefficient (Wildman–Crippen LogP) is 3.55. The summed E-state index contributed by atoms with van der Waals surface area (Å²) in [5.41, 5.74) is 8.57. The van der Waals surface area contributed by atoms with E-state index in [-0.39, 0.29) is 30.0 Å². The van der Waals surface area contributed by atoms with Gasteiger partial charge in [0.25, 0.3) is 0 Å². The molecule has 1 atom stereocenters. The number of nitrogens with zero attached hydrogens (tertiary/aromatic N) is 2. The first-order valence-electron chi connectivity index (χ1n) is 9.23. The quantitative estimate of drug-likeness (QED) is 0.276. The summed E-state index contributed by atoms with van der Waals surface area (Å²) in [6.07, 6.45) is 1.88. The van der Waals surface area contributed by atoms with Crippen LogP contribution in [0.1, 0.15) is 30.0 Å². The Labute approximate surface area is 179 Å². The maximum absolute atomic E-state index is 6.09. The molecule has 3 rings (SSSR count). The van der Waals surface area contributed by atoms with Gasteiger partial charge in [0.05, 0.1) is 12.6 Å². The minimum atomic E-state index is 0. The molecule has 1 aliphatic rings. The second-order valence-electron chi connectivity index (χ2n) is 6.72. The van der Waals surface area contributed by atoms with Gasteiger partial charge in [-0.2, -0.15) is 0 Å². The van der Waals surface area contributed by atoms with Crippen LogP contribution < -0.4 is 15.8 Å². The zero-order chi connectivity index (χ0) is 18.2. The Balaban J connectivity index is 0.00000261. The van der Waals surface area contributed by atoms with Gasteiger partial charge in [0, 0.05) is 25.1 Å². The van der Waals surface area contributed by atoms with Crippen LogP contribution >= 0.6 is 24.0 Å². The second kappa shape index (κ2) is 11.1. The topological polar surface area (TPSA) is 62.9 Å². The summed E-state index contributed by atoms with van der Waals surface area (Å²) in [4.78, 5) is 6.79. The fraction of sp³-hybridized carbons (Fsp3) is 0.381. The van der Waals surface area contributed by atoms with Crippen molar-refractivity contribution in [3.8, 4) is 5.75 Å². The van der Waals surface area contributed by atoms with E-state index in [1.165, 1.54) is 5.56 Å². The lowest BCUT2D eigenvalue weighted by atomic mass is 10.0. The summed E-state index contributed by atoms with van der Waals surface area (Å²) in [6, 6.07) is 18.8. The fourth-order valence-electron chi connectivity index (χ4n) is 3.23. The number of nitrogens with two attached hydrogens (primary N) is 1. The third-order valence-electron chi connectivity index (χ3n) is 4.56. The van der Waals surface area contributed by atoms with Crippen molar-refractivity contribution in [2.75, 3.05) is 26.7 Å². The molecule has 1 aliphatic heterocycles. The SMILES string of the molecule is CN(CCCN=C(N)NC1CCOc2ccccc21)Cc1ccccc1.I. The highest BCUT2D eigenvalue weighted by molar-refractivity contribution is 14.0. The highest BCUT2D eigenvalue weighted by Gasteiger charge is 2.21. The molecule has 0 aromatic heterocycles. The zero-order valence-corrected chi connectivity index (χ0v) is 18.1. The Kier molecular flexibility index (Phi) is 8.87. The molecule has 0 fully saturated rings. The van der Waals surface area contributed by atoms with Crippen molar-refractivity contribution in [3.05, 3.63) is 65.7 Å². The molecule has 5 nitrogen and oxygen atoms in total. The van der Waals surface area contributed by atoms with Crippen LogP contribution in [0.15, 0.2) is 59.6 Å². The van der Waals surface area contributed by atoms with Crippen molar-refractivity contribution in [3.63, 3.8) is 0 Å². The average Bonchev–Trinajstić information content (AvgIpc) is 2.66. The van der Waals surface area contributed by atoms with E-state index in [4.69, 9.17) is 10.5 Å². The summed E-state index contributed by atoms with van der Waals surface area (Å²) in [5, 5.41) is 3.34. The van der Waals surface area contributed by atoms with Crippen molar-refractivity contribution >= 4 is 29.9 Å². The van der Waals surface area contributed by atoms with Crippen LogP contribution in [-0.2, 0) is 6.54 Å². The molecule has 3 N–H and O–H groups in total. The van der Waals surface area contributed by atoms with Gasteiger partial charge in [-0.05, 0) is 31.6 Å². The third kappa shape index (κ3) is 6.70. The van der Waals surface area contributed by atoms with Gasteiger partial charge < -0.3 is 20.7 Å². The lowest BCUT2D eigenvalue weighted by Crippen LogP contribution is -2.37. The number of rotatable bonds is 7. The van der Waals surface area contributed by atoms with Crippen molar-refractivity contribution in [1.29, 1.82) is 0 Å². The maximum atomic E-state index is 6.09. The lowest BCUT2D eigenvalue weighted by Gasteiger charge is -2.27. The molecular weight excluding hydrogens is 451 g/mol. The standard InChI is InChI=1S/C21H28N4O.HI/c1-25(16-17-8-3-2-4-9-17)14-7-13-23-21(22)24-19-12-15-26-20-11-6-5-10-18(19)20;/h2-6,8-11,19H,7,12-16H2,1H3,(H3,22,23,24);1H. The van der Waals surface area contributed by atoms with Crippen LogP contribution in [0.2, 0.25) is 0 Å². The molecule has 27 heavy (non-hydrogen) atoms. The van der Waals surface area contributed by atoms with Gasteiger partial charge in [-0.25, -0.2) is 0 Å². The summed E-state index contributed by atoms with van der Waals surface area (Å²) in [6.45, 7) is 3.37. The number of aliphatic imine (C=N–C) groups is 1. The van der Waals surface area contributed by atoms with E-state index in [1.54, 1.807) is 0 Å². The van der Waals surface area contributed by atoms with Crippen molar-refractivity contribution in [2.45, 2.75) is 25.4 Å². The number of halogens is 1. The van der Waals surface area contributed by atoms with Gasteiger partial charge in [0.1, 0.15) is 5.75 Å². The number of nitrogens with one attached hydrogen (secondary N) is 1. The Bertz CT molecular complexity index is 723. The van der Waals surface area contributed by atoms with Crippen molar-refractivity contribution in [1.82, 2.24) is 10.2 Å². The van der Waals surface area contributed by atoms with E-state index in [9.17, 15) is 0 Å². The number of fused-ring (bicyclic) bond motifs is 1. The first kappa shape index (κ1) is 21.5. The minimum Gasteiger partial charge on any atom is -0.493 e. The number of ether oxygens (including phenoxy) is 1. The lowest BCUT2D eigenvalue weighted by molar-refractivity contribution is 0.262. The van der Waals surface area contributed by atoms with Gasteiger partial charge in [-0.3, -0.25) is 4.99 Å². The van der Waals surface area contributed by atoms with Crippen LogP contribution in [-0.4, -0.2) is 37.6 Å². The third-order valence-corrected chi connectivity index (χ3v) is 4.56. The van der Waals surface area contributed by atoms with Crippen LogP contribution in [0.5, 0.6) is 5.75 Å². The van der Waals surface area contributed by atoms with Gasteiger partial charge in [-0.15, -0.1) is 24.0 Å². The molecule has 0 aliphatic carbocycles. The molecule has 146 valence electrons. The number of benzene rings is 2. The number of guanidine groups is 1. The zero-order valence-electron chi connectivity index (χ0n) is 15.8. The summed E-state index contributed by atoms with van der Waals surface area (Å²) in [7, 11) is 2.14. The van der Waals surface area contributed by atoms with E-state index in [1.807, 2.05) is 24.3 Å². The van der Waals surface area contributed by atoms with Crippen molar-refractivity contribution < 1.29 is 4.74 Å². The molecule has 0 saturated heterocycles. The highest BCUT2D eigenvalue weighted by Crippen LogP contribution is 2.31. The summed E-state index contributed by atoms with van der Waals surface area (Å²) < 4.78 is 5.68. The second-order valence-corrected chi connectivity index (χ2v) is 6.72. The summed E-state index contributed by atoms with van der Waals surface area (Å²) in [5.74, 6) is 1.45. The summed E-state index contributed by atoms with van der Waals surface area (Å²) >= 11 is 0. The molecule has 0 bridgehead atoms. The molecular formula is C21H29IN4O. The Hall–Kier alpha value is -1.80. The van der Waals surface area contributed by atoms with Gasteiger partial charge in [0.2, 0.25) is 0 Å². The molecule has 2 aromatic carbocycles. The fourth-order valence-corrected chi connectivity index (χ4v) is 3.23. The smallest absolute Gasteiger partial charge is 0.189 e. The molecule has 1 heterocycles. The van der Waals surface area contributed by atoms with E-state index >= 15 is 0 Å². The molecule has 0 amide bonds. The van der Waals surface area contributed by atoms with Gasteiger partial charge in [0.15, 0.2) is 5.96 Å². The molecule has 1 unspecified atom stereocenters. The van der Waals surface area contributed by atoms with E-state index < -0.39 is 0 Å². The molecule has 0 saturated carbocycles. The Morgan fingerprint density at radius 2 is 1.93 bits per heavy atom. The van der Waals surface area contributed by atoms with Crippen LogP contribution in [0.25, 0.3) is 0 Å². The Morgan fingerprint density at radius 1 is 1.19 bits per heavy atom. The molecule has 0 spiro atoms. The van der Waals surface area contributed by atoms with Crippen LogP contribution in [0, 0.1) is 0 Å².